The standard InChI is InChI=1S/C11H12N6/c12-11(13)16-14-6-9-7-15-17(8-9)10-4-2-1-3-5-10/h1-8H,(H4,12,13,16)/p+1/b14-6+. The molecule has 17 heavy (non-hydrogen) atoms. The molecule has 1 aromatic heterocycles. The van der Waals surface area contributed by atoms with Gasteiger partial charge in [-0.2, -0.15) is 10.2 Å². The van der Waals surface area contributed by atoms with E-state index in [-0.39, 0.29) is 5.96 Å². The topological polar surface area (TPSA) is 96.4 Å². The molecular formula is C11H13N6+. The zero-order valence-electron chi connectivity index (χ0n) is 9.12. The number of aromatic nitrogens is 2. The van der Waals surface area contributed by atoms with Crippen LogP contribution in [0, 0.1) is 0 Å². The second-order valence-electron chi connectivity index (χ2n) is 3.38. The number of benzene rings is 1. The molecule has 6 nitrogen and oxygen atoms in total. The molecule has 0 radical (unpaired) electrons. The summed E-state index contributed by atoms with van der Waals surface area (Å²) in [6, 6.07) is 9.89. The third kappa shape index (κ3) is 2.91. The molecule has 0 fully saturated rings. The van der Waals surface area contributed by atoms with E-state index in [0.29, 0.717) is 0 Å². The summed E-state index contributed by atoms with van der Waals surface area (Å²) in [5, 5.41) is 10.3. The minimum atomic E-state index is -0.0623. The highest BCUT2D eigenvalue weighted by Gasteiger charge is 2.07. The van der Waals surface area contributed by atoms with E-state index in [2.05, 4.69) is 15.3 Å². The molecule has 0 aliphatic heterocycles. The van der Waals surface area contributed by atoms with Crippen molar-refractivity contribution in [1.82, 2.24) is 5.10 Å². The average molecular weight is 229 g/mol. The van der Waals surface area contributed by atoms with Crippen LogP contribution in [0.5, 0.6) is 0 Å². The lowest BCUT2D eigenvalue weighted by Crippen LogP contribution is -2.31. The fraction of sp³-hybridized carbons (Fsp3) is 0. The molecule has 0 bridgehead atoms. The number of hydrogen-bond donors (Lipinski definition) is 3. The van der Waals surface area contributed by atoms with Crippen molar-refractivity contribution < 1.29 is 4.68 Å². The molecule has 0 unspecified atom stereocenters. The van der Waals surface area contributed by atoms with Gasteiger partial charge >= 0.3 is 0 Å². The number of nitrogens with one attached hydrogen (secondary N) is 1. The largest absolute Gasteiger partial charge is 0.369 e. The van der Waals surface area contributed by atoms with Gasteiger partial charge in [-0.15, -0.1) is 5.10 Å². The Bertz CT molecular complexity index is 536. The number of para-hydroxylation sites is 1. The molecular weight excluding hydrogens is 216 g/mol. The van der Waals surface area contributed by atoms with Gasteiger partial charge in [0.05, 0.1) is 18.0 Å². The maximum Gasteiger partial charge on any atom is 0.235 e. The molecule has 0 saturated carbocycles. The first kappa shape index (κ1) is 10.9. The van der Waals surface area contributed by atoms with Gasteiger partial charge < -0.3 is 11.5 Å². The van der Waals surface area contributed by atoms with Crippen molar-refractivity contribution in [2.24, 2.45) is 21.7 Å². The fourth-order valence-corrected chi connectivity index (χ4v) is 1.34. The summed E-state index contributed by atoms with van der Waals surface area (Å²) in [6.45, 7) is 0. The van der Waals surface area contributed by atoms with Gasteiger partial charge in [0.15, 0.2) is 0 Å². The van der Waals surface area contributed by atoms with E-state index in [1.54, 1.807) is 12.4 Å². The molecule has 0 atom stereocenters. The number of rotatable bonds is 3. The molecule has 0 aliphatic rings. The van der Waals surface area contributed by atoms with Crippen LogP contribution in [0.25, 0.3) is 5.69 Å². The van der Waals surface area contributed by atoms with E-state index in [0.717, 1.165) is 11.3 Å². The number of hydrogen-bond acceptors (Lipinski definition) is 2. The Balaban J connectivity index is 2.17. The highest BCUT2D eigenvalue weighted by atomic mass is 15.3. The molecule has 2 rings (SSSR count). The summed E-state index contributed by atoms with van der Waals surface area (Å²) in [7, 11) is 0. The first-order chi connectivity index (χ1) is 8.25. The van der Waals surface area contributed by atoms with Gasteiger partial charge in [0.2, 0.25) is 17.8 Å². The Hall–Kier alpha value is -2.63. The van der Waals surface area contributed by atoms with Crippen LogP contribution in [-0.2, 0) is 0 Å². The molecule has 6 heteroatoms. The summed E-state index contributed by atoms with van der Waals surface area (Å²) in [5.74, 6) is -0.0623. The van der Waals surface area contributed by atoms with Crippen LogP contribution in [0.2, 0.25) is 0 Å². The minimum Gasteiger partial charge on any atom is -0.369 e. The Morgan fingerprint density at radius 3 is 2.71 bits per heavy atom. The van der Waals surface area contributed by atoms with Gasteiger partial charge in [0.1, 0.15) is 0 Å². The van der Waals surface area contributed by atoms with Crippen LogP contribution in [-0.4, -0.2) is 17.3 Å². The molecule has 86 valence electrons. The highest BCUT2D eigenvalue weighted by Crippen LogP contribution is 1.97. The van der Waals surface area contributed by atoms with Crippen molar-refractivity contribution in [3.63, 3.8) is 0 Å². The quantitative estimate of drug-likeness (QED) is 0.296. The zero-order chi connectivity index (χ0) is 12.1. The molecule has 1 heterocycles. The molecule has 5 N–H and O–H groups in total. The van der Waals surface area contributed by atoms with E-state index in [4.69, 9.17) is 11.5 Å². The van der Waals surface area contributed by atoms with Crippen molar-refractivity contribution in [2.45, 2.75) is 0 Å². The van der Waals surface area contributed by atoms with E-state index in [9.17, 15) is 0 Å². The summed E-state index contributed by atoms with van der Waals surface area (Å²) in [6.07, 6.45) is 5.26. The zero-order valence-corrected chi connectivity index (χ0v) is 9.12. The summed E-state index contributed by atoms with van der Waals surface area (Å²) in [5.41, 5.74) is 12.2. The number of H-pyrrole nitrogens is 1. The van der Waals surface area contributed by atoms with Crippen molar-refractivity contribution in [3.05, 3.63) is 48.3 Å². The van der Waals surface area contributed by atoms with Gasteiger partial charge in [-0.1, -0.05) is 22.9 Å². The fourth-order valence-electron chi connectivity index (χ4n) is 1.34. The van der Waals surface area contributed by atoms with Crippen LogP contribution >= 0.6 is 0 Å². The number of guanidine groups is 1. The second kappa shape index (κ2) is 4.93. The maximum atomic E-state index is 5.15. The molecule has 1 aromatic carbocycles. The SMILES string of the molecule is NC(N)=N/N=C/c1c[nH][n+](-c2ccccc2)c1. The third-order valence-corrected chi connectivity index (χ3v) is 2.06. The van der Waals surface area contributed by atoms with Crippen molar-refractivity contribution in [1.29, 1.82) is 0 Å². The normalized spacial score (nSPS) is 10.6. The molecule has 0 amide bonds. The van der Waals surface area contributed by atoms with E-state index < -0.39 is 0 Å². The maximum absolute atomic E-state index is 5.15. The predicted octanol–water partition coefficient (Wildman–Crippen LogP) is -0.101. The number of nitrogens with two attached hydrogens (primary N) is 2. The monoisotopic (exact) mass is 229 g/mol. The molecule has 0 saturated heterocycles. The highest BCUT2D eigenvalue weighted by molar-refractivity contribution is 5.80. The first-order valence-electron chi connectivity index (χ1n) is 5.03. The lowest BCUT2D eigenvalue weighted by atomic mass is 10.3. The van der Waals surface area contributed by atoms with E-state index in [1.165, 1.54) is 0 Å². The summed E-state index contributed by atoms with van der Waals surface area (Å²) < 4.78 is 1.87. The van der Waals surface area contributed by atoms with Crippen LogP contribution in [0.1, 0.15) is 5.56 Å². The van der Waals surface area contributed by atoms with Crippen LogP contribution < -0.4 is 16.1 Å². The Kier molecular flexibility index (Phi) is 3.15. The van der Waals surface area contributed by atoms with Gasteiger partial charge in [0, 0.05) is 12.1 Å². The smallest absolute Gasteiger partial charge is 0.235 e. The number of aromatic amines is 1. The molecule has 0 spiro atoms. The van der Waals surface area contributed by atoms with Crippen molar-refractivity contribution in [3.8, 4) is 5.69 Å². The van der Waals surface area contributed by atoms with Crippen molar-refractivity contribution >= 4 is 12.2 Å². The Morgan fingerprint density at radius 2 is 2.00 bits per heavy atom. The van der Waals surface area contributed by atoms with Crippen LogP contribution in [0.15, 0.2) is 52.9 Å². The summed E-state index contributed by atoms with van der Waals surface area (Å²) in [4.78, 5) is 0. The summed E-state index contributed by atoms with van der Waals surface area (Å²) >= 11 is 0. The molecule has 2 aromatic rings. The Labute approximate surface area is 98.3 Å². The predicted molar refractivity (Wildman–Crippen MR) is 65.7 cm³/mol. The van der Waals surface area contributed by atoms with Crippen LogP contribution in [0.3, 0.4) is 0 Å². The third-order valence-electron chi connectivity index (χ3n) is 2.06. The number of nitrogens with zero attached hydrogens (tertiary/aromatic N) is 3. The second-order valence-corrected chi connectivity index (χ2v) is 3.38. The van der Waals surface area contributed by atoms with Crippen molar-refractivity contribution in [2.75, 3.05) is 0 Å². The Morgan fingerprint density at radius 1 is 1.24 bits per heavy atom. The van der Waals surface area contributed by atoms with E-state index in [1.807, 2.05) is 41.2 Å². The lowest BCUT2D eigenvalue weighted by Gasteiger charge is -1.87. The minimum absolute atomic E-state index is 0.0623. The van der Waals surface area contributed by atoms with Gasteiger partial charge in [-0.05, 0) is 0 Å². The van der Waals surface area contributed by atoms with E-state index >= 15 is 0 Å². The first-order valence-corrected chi connectivity index (χ1v) is 5.03. The van der Waals surface area contributed by atoms with Gasteiger partial charge in [-0.25, -0.2) is 0 Å². The average Bonchev–Trinajstić information content (AvgIpc) is 2.78. The van der Waals surface area contributed by atoms with Gasteiger partial charge in [0.25, 0.3) is 0 Å². The van der Waals surface area contributed by atoms with Gasteiger partial charge in [-0.3, -0.25) is 0 Å². The van der Waals surface area contributed by atoms with Crippen LogP contribution in [0.4, 0.5) is 0 Å². The molecule has 0 aliphatic carbocycles. The lowest BCUT2D eigenvalue weighted by molar-refractivity contribution is -0.655.